The van der Waals surface area contributed by atoms with Crippen molar-refractivity contribution in [3.05, 3.63) is 82.7 Å². The van der Waals surface area contributed by atoms with Crippen LogP contribution in [0.3, 0.4) is 0 Å². The number of nitrogens with zero attached hydrogens (tertiary/aromatic N) is 4. The largest absolute Gasteiger partial charge is 0.326 e. The van der Waals surface area contributed by atoms with E-state index in [2.05, 4.69) is 20.3 Å². The SMILES string of the molecule is Cc1cc(Sc2ncccn2)ccc1NC(=O)CCn1cnc2c(C)cccc2c1=O. The van der Waals surface area contributed by atoms with Crippen molar-refractivity contribution in [2.45, 2.75) is 36.9 Å². The quantitative estimate of drug-likeness (QED) is 0.465. The first-order valence-electron chi connectivity index (χ1n) is 9.81. The van der Waals surface area contributed by atoms with E-state index in [9.17, 15) is 9.59 Å². The van der Waals surface area contributed by atoms with E-state index in [0.29, 0.717) is 16.1 Å². The first-order chi connectivity index (χ1) is 15.0. The fraction of sp³-hybridized carbons (Fsp3) is 0.174. The highest BCUT2D eigenvalue weighted by atomic mass is 32.2. The van der Waals surface area contributed by atoms with Gasteiger partial charge < -0.3 is 5.32 Å². The molecule has 31 heavy (non-hydrogen) atoms. The Morgan fingerprint density at radius 3 is 2.61 bits per heavy atom. The minimum Gasteiger partial charge on any atom is -0.326 e. The maximum absolute atomic E-state index is 12.7. The van der Waals surface area contributed by atoms with Crippen LogP contribution in [0, 0.1) is 13.8 Å². The zero-order chi connectivity index (χ0) is 21.8. The first kappa shape index (κ1) is 20.7. The van der Waals surface area contributed by atoms with E-state index in [4.69, 9.17) is 0 Å². The molecule has 0 bridgehead atoms. The van der Waals surface area contributed by atoms with Gasteiger partial charge in [0, 0.05) is 35.9 Å². The molecule has 0 aliphatic carbocycles. The number of hydrogen-bond acceptors (Lipinski definition) is 6. The molecule has 0 aliphatic rings. The van der Waals surface area contributed by atoms with E-state index in [0.717, 1.165) is 21.7 Å². The van der Waals surface area contributed by atoms with Crippen molar-refractivity contribution >= 4 is 34.3 Å². The smallest absolute Gasteiger partial charge is 0.261 e. The van der Waals surface area contributed by atoms with Gasteiger partial charge in [-0.2, -0.15) is 0 Å². The van der Waals surface area contributed by atoms with Gasteiger partial charge in [0.05, 0.1) is 17.2 Å². The van der Waals surface area contributed by atoms with E-state index in [-0.39, 0.29) is 24.4 Å². The lowest BCUT2D eigenvalue weighted by atomic mass is 10.1. The molecular formula is C23H21N5O2S. The molecule has 0 fully saturated rings. The number of para-hydroxylation sites is 1. The van der Waals surface area contributed by atoms with E-state index in [1.807, 2.05) is 44.2 Å². The summed E-state index contributed by atoms with van der Waals surface area (Å²) in [5, 5.41) is 4.16. The van der Waals surface area contributed by atoms with Gasteiger partial charge in [-0.25, -0.2) is 15.0 Å². The van der Waals surface area contributed by atoms with Crippen LogP contribution < -0.4 is 10.9 Å². The van der Waals surface area contributed by atoms with Gasteiger partial charge in [-0.3, -0.25) is 14.2 Å². The van der Waals surface area contributed by atoms with Gasteiger partial charge in [-0.15, -0.1) is 0 Å². The Labute approximate surface area is 183 Å². The third-order valence-corrected chi connectivity index (χ3v) is 5.74. The number of aryl methyl sites for hydroxylation is 3. The Bertz CT molecular complexity index is 1300. The summed E-state index contributed by atoms with van der Waals surface area (Å²) in [6.07, 6.45) is 5.09. The lowest BCUT2D eigenvalue weighted by molar-refractivity contribution is -0.116. The van der Waals surface area contributed by atoms with Crippen molar-refractivity contribution in [1.29, 1.82) is 0 Å². The van der Waals surface area contributed by atoms with Crippen LogP contribution in [-0.2, 0) is 11.3 Å². The molecule has 0 saturated carbocycles. The van der Waals surface area contributed by atoms with Gasteiger partial charge in [0.2, 0.25) is 5.91 Å². The van der Waals surface area contributed by atoms with Gasteiger partial charge >= 0.3 is 0 Å². The van der Waals surface area contributed by atoms with Gasteiger partial charge in [0.1, 0.15) is 0 Å². The van der Waals surface area contributed by atoms with Crippen molar-refractivity contribution < 1.29 is 4.79 Å². The summed E-state index contributed by atoms with van der Waals surface area (Å²) < 4.78 is 1.48. The van der Waals surface area contributed by atoms with Crippen LogP contribution in [0.5, 0.6) is 0 Å². The summed E-state index contributed by atoms with van der Waals surface area (Å²) >= 11 is 1.46. The molecule has 0 unspecified atom stereocenters. The third-order valence-electron chi connectivity index (χ3n) is 4.86. The first-order valence-corrected chi connectivity index (χ1v) is 10.6. The third kappa shape index (κ3) is 4.80. The van der Waals surface area contributed by atoms with Crippen LogP contribution in [0.15, 0.2) is 76.0 Å². The number of hydrogen-bond donors (Lipinski definition) is 1. The Morgan fingerprint density at radius 2 is 1.84 bits per heavy atom. The number of anilines is 1. The molecule has 0 spiro atoms. The molecule has 2 heterocycles. The Morgan fingerprint density at radius 1 is 1.03 bits per heavy atom. The number of rotatable bonds is 6. The molecule has 1 amide bonds. The lowest BCUT2D eigenvalue weighted by Crippen LogP contribution is -2.24. The molecule has 2 aromatic carbocycles. The van der Waals surface area contributed by atoms with Crippen molar-refractivity contribution in [1.82, 2.24) is 19.5 Å². The van der Waals surface area contributed by atoms with Gasteiger partial charge in [-0.05, 0) is 67.1 Å². The van der Waals surface area contributed by atoms with Crippen LogP contribution in [0.4, 0.5) is 5.69 Å². The number of nitrogens with one attached hydrogen (secondary N) is 1. The minimum absolute atomic E-state index is 0.137. The Hall–Kier alpha value is -3.52. The van der Waals surface area contributed by atoms with Crippen molar-refractivity contribution in [3.63, 3.8) is 0 Å². The average molecular weight is 432 g/mol. The van der Waals surface area contributed by atoms with E-state index >= 15 is 0 Å². The topological polar surface area (TPSA) is 89.8 Å². The van der Waals surface area contributed by atoms with Crippen LogP contribution in [0.25, 0.3) is 10.9 Å². The van der Waals surface area contributed by atoms with Gasteiger partial charge in [0.15, 0.2) is 5.16 Å². The number of aromatic nitrogens is 4. The second kappa shape index (κ2) is 9.09. The Balaban J connectivity index is 1.40. The average Bonchev–Trinajstić information content (AvgIpc) is 2.76. The summed E-state index contributed by atoms with van der Waals surface area (Å²) in [6.45, 7) is 4.12. The minimum atomic E-state index is -0.161. The standard InChI is InChI=1S/C23H21N5O2S/c1-15-5-3-6-18-21(15)26-14-28(22(18)30)12-9-20(29)27-19-8-7-17(13-16(19)2)31-23-24-10-4-11-25-23/h3-8,10-11,13-14H,9,12H2,1-2H3,(H,27,29). The summed E-state index contributed by atoms with van der Waals surface area (Å²) in [5.74, 6) is -0.161. The molecule has 1 N–H and O–H groups in total. The predicted octanol–water partition coefficient (Wildman–Crippen LogP) is 3.98. The summed E-state index contributed by atoms with van der Waals surface area (Å²) in [5.41, 5.74) is 3.19. The second-order valence-corrected chi connectivity index (χ2v) is 8.16. The van der Waals surface area contributed by atoms with Crippen molar-refractivity contribution in [3.8, 4) is 0 Å². The molecule has 4 aromatic rings. The summed E-state index contributed by atoms with van der Waals surface area (Å²) in [7, 11) is 0. The molecule has 0 aliphatic heterocycles. The van der Waals surface area contributed by atoms with Crippen molar-refractivity contribution in [2.24, 2.45) is 0 Å². The number of carbonyl (C=O) groups is 1. The monoisotopic (exact) mass is 431 g/mol. The van der Waals surface area contributed by atoms with E-state index in [1.165, 1.54) is 22.7 Å². The zero-order valence-electron chi connectivity index (χ0n) is 17.2. The van der Waals surface area contributed by atoms with Crippen molar-refractivity contribution in [2.75, 3.05) is 5.32 Å². The van der Waals surface area contributed by atoms with Crippen LogP contribution in [0.1, 0.15) is 17.5 Å². The molecule has 4 rings (SSSR count). The molecule has 156 valence electrons. The molecule has 8 heteroatoms. The predicted molar refractivity (Wildman–Crippen MR) is 121 cm³/mol. The number of benzene rings is 2. The van der Waals surface area contributed by atoms with Gasteiger partial charge in [-0.1, -0.05) is 12.1 Å². The molecule has 7 nitrogen and oxygen atoms in total. The highest BCUT2D eigenvalue weighted by Gasteiger charge is 2.10. The zero-order valence-corrected chi connectivity index (χ0v) is 18.0. The van der Waals surface area contributed by atoms with Gasteiger partial charge in [0.25, 0.3) is 5.56 Å². The van der Waals surface area contributed by atoms with Crippen LogP contribution >= 0.6 is 11.8 Å². The molecular weight excluding hydrogens is 410 g/mol. The van der Waals surface area contributed by atoms with E-state index < -0.39 is 0 Å². The summed E-state index contributed by atoms with van der Waals surface area (Å²) in [6, 6.07) is 13.1. The molecule has 0 radical (unpaired) electrons. The molecule has 0 saturated heterocycles. The Kier molecular flexibility index (Phi) is 6.08. The maximum Gasteiger partial charge on any atom is 0.261 e. The van der Waals surface area contributed by atoms with Crippen LogP contribution in [0.2, 0.25) is 0 Å². The molecule has 2 aromatic heterocycles. The maximum atomic E-state index is 12.7. The summed E-state index contributed by atoms with van der Waals surface area (Å²) in [4.78, 5) is 38.9. The number of carbonyl (C=O) groups excluding carboxylic acids is 1. The fourth-order valence-corrected chi connectivity index (χ4v) is 4.02. The van der Waals surface area contributed by atoms with Crippen LogP contribution in [-0.4, -0.2) is 25.4 Å². The lowest BCUT2D eigenvalue weighted by Gasteiger charge is -2.11. The highest BCUT2D eigenvalue weighted by Crippen LogP contribution is 2.28. The normalized spacial score (nSPS) is 10.9. The number of amides is 1. The van der Waals surface area contributed by atoms with E-state index in [1.54, 1.807) is 24.5 Å². The highest BCUT2D eigenvalue weighted by molar-refractivity contribution is 7.99. The molecule has 0 atom stereocenters. The second-order valence-electron chi connectivity index (χ2n) is 7.12. The fourth-order valence-electron chi connectivity index (χ4n) is 3.21. The number of fused-ring (bicyclic) bond motifs is 1.